The van der Waals surface area contributed by atoms with Crippen molar-refractivity contribution in [3.8, 4) is 5.69 Å². The van der Waals surface area contributed by atoms with Crippen LogP contribution in [-0.4, -0.2) is 43.5 Å². The molecule has 1 heterocycles. The van der Waals surface area contributed by atoms with Crippen LogP contribution in [0.5, 0.6) is 0 Å². The lowest BCUT2D eigenvalue weighted by Crippen LogP contribution is -2.43. The first-order valence-electron chi connectivity index (χ1n) is 7.66. The quantitative estimate of drug-likeness (QED) is 0.740. The highest BCUT2D eigenvalue weighted by Crippen LogP contribution is 2.32. The number of amides is 1. The first kappa shape index (κ1) is 16.5. The molecule has 24 heavy (non-hydrogen) atoms. The molecule has 1 aliphatic rings. The molecule has 126 valence electrons. The van der Waals surface area contributed by atoms with E-state index in [0.29, 0.717) is 5.16 Å². The van der Waals surface area contributed by atoms with Gasteiger partial charge in [-0.1, -0.05) is 29.5 Å². The maximum Gasteiger partial charge on any atom is 0.326 e. The molecule has 1 amide bonds. The number of aryl methyl sites for hydroxylation is 1. The van der Waals surface area contributed by atoms with Crippen molar-refractivity contribution in [2.75, 3.05) is 5.75 Å². The van der Waals surface area contributed by atoms with Crippen molar-refractivity contribution >= 4 is 23.6 Å². The van der Waals surface area contributed by atoms with Gasteiger partial charge in [-0.05, 0) is 37.8 Å². The molecular formula is C16H18N4O3S. The summed E-state index contributed by atoms with van der Waals surface area (Å²) in [6.45, 7) is 2.01. The molecule has 0 radical (unpaired) electrons. The number of carbonyl (C=O) groups excluding carboxylic acids is 1. The third-order valence-corrected chi connectivity index (χ3v) is 4.78. The Morgan fingerprint density at radius 2 is 2.08 bits per heavy atom. The molecule has 0 bridgehead atoms. The number of hydrogen-bond donors (Lipinski definition) is 2. The summed E-state index contributed by atoms with van der Waals surface area (Å²) in [4.78, 5) is 23.2. The molecule has 1 saturated carbocycles. The van der Waals surface area contributed by atoms with E-state index >= 15 is 0 Å². The van der Waals surface area contributed by atoms with Crippen LogP contribution in [0, 0.1) is 12.8 Å². The van der Waals surface area contributed by atoms with Crippen LogP contribution in [0.4, 0.5) is 0 Å². The molecule has 1 aliphatic carbocycles. The summed E-state index contributed by atoms with van der Waals surface area (Å²) in [6, 6.07) is 7.10. The van der Waals surface area contributed by atoms with Gasteiger partial charge < -0.3 is 10.4 Å². The minimum absolute atomic E-state index is 0.0626. The Morgan fingerprint density at radius 1 is 1.38 bits per heavy atom. The maximum absolute atomic E-state index is 12.0. The van der Waals surface area contributed by atoms with E-state index in [1.807, 2.05) is 31.2 Å². The Bertz CT molecular complexity index is 740. The van der Waals surface area contributed by atoms with Gasteiger partial charge in [0.15, 0.2) is 5.16 Å². The van der Waals surface area contributed by atoms with Crippen molar-refractivity contribution in [1.29, 1.82) is 0 Å². The number of aromatic nitrogens is 3. The lowest BCUT2D eigenvalue weighted by Gasteiger charge is -2.13. The summed E-state index contributed by atoms with van der Waals surface area (Å²) >= 11 is 1.23. The van der Waals surface area contributed by atoms with E-state index in [4.69, 9.17) is 5.11 Å². The Balaban J connectivity index is 1.61. The zero-order valence-corrected chi connectivity index (χ0v) is 14.0. The fourth-order valence-corrected chi connectivity index (χ4v) is 3.10. The van der Waals surface area contributed by atoms with Gasteiger partial charge in [-0.2, -0.15) is 0 Å². The molecule has 2 aromatic rings. The van der Waals surface area contributed by atoms with Crippen molar-refractivity contribution in [3.63, 3.8) is 0 Å². The number of benzene rings is 1. The topological polar surface area (TPSA) is 97.1 Å². The van der Waals surface area contributed by atoms with Gasteiger partial charge in [-0.3, -0.25) is 9.36 Å². The van der Waals surface area contributed by atoms with E-state index in [9.17, 15) is 9.59 Å². The molecule has 7 nitrogen and oxygen atoms in total. The second-order valence-electron chi connectivity index (χ2n) is 5.83. The number of carboxylic acids is 1. The zero-order chi connectivity index (χ0) is 17.1. The summed E-state index contributed by atoms with van der Waals surface area (Å²) in [7, 11) is 0. The van der Waals surface area contributed by atoms with Crippen molar-refractivity contribution in [1.82, 2.24) is 20.1 Å². The van der Waals surface area contributed by atoms with Crippen molar-refractivity contribution in [2.24, 2.45) is 5.92 Å². The van der Waals surface area contributed by atoms with E-state index in [2.05, 4.69) is 15.5 Å². The van der Waals surface area contributed by atoms with Gasteiger partial charge >= 0.3 is 5.97 Å². The molecule has 3 rings (SSSR count). The smallest absolute Gasteiger partial charge is 0.326 e. The van der Waals surface area contributed by atoms with Crippen LogP contribution < -0.4 is 5.32 Å². The van der Waals surface area contributed by atoms with Crippen molar-refractivity contribution < 1.29 is 14.7 Å². The largest absolute Gasteiger partial charge is 0.480 e. The van der Waals surface area contributed by atoms with E-state index in [1.54, 1.807) is 10.9 Å². The Kier molecular flexibility index (Phi) is 4.84. The van der Waals surface area contributed by atoms with Crippen LogP contribution in [0.1, 0.15) is 18.4 Å². The number of thioether (sulfide) groups is 1. The van der Waals surface area contributed by atoms with Crippen molar-refractivity contribution in [3.05, 3.63) is 36.2 Å². The Labute approximate surface area is 143 Å². The van der Waals surface area contributed by atoms with Crippen molar-refractivity contribution in [2.45, 2.75) is 31.0 Å². The number of hydrogen-bond acceptors (Lipinski definition) is 5. The van der Waals surface area contributed by atoms with Crippen LogP contribution in [0.25, 0.3) is 5.69 Å². The second kappa shape index (κ2) is 7.04. The lowest BCUT2D eigenvalue weighted by molar-refractivity contribution is -0.142. The number of nitrogens with zero attached hydrogens (tertiary/aromatic N) is 3. The molecule has 1 atom stereocenters. The molecule has 0 aliphatic heterocycles. The summed E-state index contributed by atoms with van der Waals surface area (Å²) in [5.74, 6) is -1.12. The molecule has 1 fully saturated rings. The third-order valence-electron chi connectivity index (χ3n) is 3.84. The first-order valence-corrected chi connectivity index (χ1v) is 8.65. The molecule has 8 heteroatoms. The van der Waals surface area contributed by atoms with Crippen LogP contribution >= 0.6 is 11.8 Å². The minimum atomic E-state index is -0.973. The summed E-state index contributed by atoms with van der Waals surface area (Å²) < 4.78 is 1.80. The molecule has 0 spiro atoms. The van der Waals surface area contributed by atoms with Crippen LogP contribution in [0.3, 0.4) is 0 Å². The first-order chi connectivity index (χ1) is 11.5. The molecule has 1 unspecified atom stereocenters. The zero-order valence-electron chi connectivity index (χ0n) is 13.2. The standard InChI is InChI=1S/C16H18N4O3S/c1-10-2-6-12(7-3-10)20-9-17-19-16(20)24-8-13(21)18-14(15(22)23)11-4-5-11/h2-3,6-7,9,11,14H,4-5,8H2,1H3,(H,18,21)(H,22,23). The van der Waals surface area contributed by atoms with E-state index in [1.165, 1.54) is 11.8 Å². The average Bonchev–Trinajstić information content (AvgIpc) is 3.29. The Morgan fingerprint density at radius 3 is 2.71 bits per heavy atom. The number of nitrogens with one attached hydrogen (secondary N) is 1. The summed E-state index contributed by atoms with van der Waals surface area (Å²) in [6.07, 6.45) is 3.30. The van der Waals surface area contributed by atoms with Gasteiger partial charge in [0, 0.05) is 5.69 Å². The van der Waals surface area contributed by atoms with Gasteiger partial charge in [0.05, 0.1) is 5.75 Å². The van der Waals surface area contributed by atoms with E-state index in [0.717, 1.165) is 24.1 Å². The summed E-state index contributed by atoms with van der Waals surface area (Å²) in [5.41, 5.74) is 2.06. The fourth-order valence-electron chi connectivity index (χ4n) is 2.36. The monoisotopic (exact) mass is 346 g/mol. The normalized spacial score (nSPS) is 15.0. The van der Waals surface area contributed by atoms with Gasteiger partial charge in [0.2, 0.25) is 5.91 Å². The predicted molar refractivity (Wildman–Crippen MR) is 89.1 cm³/mol. The lowest BCUT2D eigenvalue weighted by atomic mass is 10.2. The number of carbonyl (C=O) groups is 2. The van der Waals surface area contributed by atoms with Gasteiger partial charge in [0.1, 0.15) is 12.4 Å². The van der Waals surface area contributed by atoms with Crippen LogP contribution in [0.2, 0.25) is 0 Å². The molecule has 2 N–H and O–H groups in total. The molecular weight excluding hydrogens is 328 g/mol. The predicted octanol–water partition coefficient (Wildman–Crippen LogP) is 1.65. The minimum Gasteiger partial charge on any atom is -0.480 e. The maximum atomic E-state index is 12.0. The SMILES string of the molecule is Cc1ccc(-n2cnnc2SCC(=O)NC(C(=O)O)C2CC2)cc1. The molecule has 0 saturated heterocycles. The highest BCUT2D eigenvalue weighted by Gasteiger charge is 2.37. The summed E-state index contributed by atoms with van der Waals surface area (Å²) in [5, 5.41) is 20.3. The third kappa shape index (κ3) is 3.94. The highest BCUT2D eigenvalue weighted by atomic mass is 32.2. The number of carboxylic acid groups (broad SMARTS) is 1. The van der Waals surface area contributed by atoms with Gasteiger partial charge in [0.25, 0.3) is 0 Å². The number of rotatable bonds is 7. The fraction of sp³-hybridized carbons (Fsp3) is 0.375. The highest BCUT2D eigenvalue weighted by molar-refractivity contribution is 7.99. The second-order valence-corrected chi connectivity index (χ2v) is 6.77. The van der Waals surface area contributed by atoms with Gasteiger partial charge in [-0.25, -0.2) is 4.79 Å². The van der Waals surface area contributed by atoms with Gasteiger partial charge in [-0.15, -0.1) is 10.2 Å². The van der Waals surface area contributed by atoms with Crippen LogP contribution in [0.15, 0.2) is 35.7 Å². The van der Waals surface area contributed by atoms with Crippen LogP contribution in [-0.2, 0) is 9.59 Å². The van der Waals surface area contributed by atoms with E-state index in [-0.39, 0.29) is 17.6 Å². The van der Waals surface area contributed by atoms with E-state index < -0.39 is 12.0 Å². The number of aliphatic carboxylic acids is 1. The Hall–Kier alpha value is -2.35. The molecule has 1 aromatic carbocycles. The molecule has 1 aromatic heterocycles. The average molecular weight is 346 g/mol.